The van der Waals surface area contributed by atoms with Crippen LogP contribution in [0.4, 0.5) is 0 Å². The van der Waals surface area contributed by atoms with E-state index in [9.17, 15) is 0 Å². The van der Waals surface area contributed by atoms with Gasteiger partial charge in [-0.2, -0.15) is 0 Å². The SMILES string of the molecule is OCc1ccccn1.[Na+]. The molecule has 1 N–H and O–H groups in total. The van der Waals surface area contributed by atoms with E-state index in [1.165, 1.54) is 0 Å². The summed E-state index contributed by atoms with van der Waals surface area (Å²) < 4.78 is 0. The summed E-state index contributed by atoms with van der Waals surface area (Å²) in [6.07, 6.45) is 1.66. The third-order valence-electron chi connectivity index (χ3n) is 0.888. The molecule has 0 radical (unpaired) electrons. The van der Waals surface area contributed by atoms with Gasteiger partial charge in [0.15, 0.2) is 0 Å². The second-order valence-corrected chi connectivity index (χ2v) is 1.48. The fourth-order valence-electron chi connectivity index (χ4n) is 0.492. The molecule has 0 amide bonds. The zero-order valence-electron chi connectivity index (χ0n) is 5.41. The number of hydrogen-bond acceptors (Lipinski definition) is 2. The van der Waals surface area contributed by atoms with Crippen molar-refractivity contribution < 1.29 is 34.7 Å². The fraction of sp³-hybridized carbons (Fsp3) is 0.167. The maximum absolute atomic E-state index is 8.48. The van der Waals surface area contributed by atoms with Crippen LogP contribution in [-0.2, 0) is 6.61 Å². The Hall–Kier alpha value is 0.110. The maximum Gasteiger partial charge on any atom is 1.00 e. The number of rotatable bonds is 1. The first-order chi connectivity index (χ1) is 3.93. The molecule has 9 heavy (non-hydrogen) atoms. The van der Waals surface area contributed by atoms with Gasteiger partial charge in [0.25, 0.3) is 0 Å². The van der Waals surface area contributed by atoms with Crippen molar-refractivity contribution in [2.75, 3.05) is 0 Å². The van der Waals surface area contributed by atoms with Gasteiger partial charge in [0.05, 0.1) is 12.3 Å². The average Bonchev–Trinajstić information content (AvgIpc) is 1.90. The molecule has 42 valence electrons. The first kappa shape index (κ1) is 9.11. The molecule has 0 bridgehead atoms. The number of aromatic nitrogens is 1. The third-order valence-corrected chi connectivity index (χ3v) is 0.888. The predicted molar refractivity (Wildman–Crippen MR) is 30.2 cm³/mol. The standard InChI is InChI=1S/C6H7NO.Na/c8-5-6-3-1-2-4-7-6;/h1-4,8H,5H2;/q;+1. The van der Waals surface area contributed by atoms with E-state index in [4.69, 9.17) is 5.11 Å². The predicted octanol–water partition coefficient (Wildman–Crippen LogP) is -2.42. The molecule has 0 aliphatic heterocycles. The van der Waals surface area contributed by atoms with Crippen LogP contribution in [0.5, 0.6) is 0 Å². The van der Waals surface area contributed by atoms with Crippen molar-refractivity contribution in [3.05, 3.63) is 30.1 Å². The van der Waals surface area contributed by atoms with E-state index in [-0.39, 0.29) is 36.2 Å². The van der Waals surface area contributed by atoms with Crippen LogP contribution in [0, 0.1) is 0 Å². The van der Waals surface area contributed by atoms with Crippen molar-refractivity contribution in [1.82, 2.24) is 4.98 Å². The minimum absolute atomic E-state index is 0. The molecular formula is C6H7NNaO+. The molecule has 0 saturated heterocycles. The van der Waals surface area contributed by atoms with Crippen LogP contribution >= 0.6 is 0 Å². The van der Waals surface area contributed by atoms with Gasteiger partial charge in [-0.25, -0.2) is 0 Å². The van der Waals surface area contributed by atoms with Gasteiger partial charge >= 0.3 is 29.6 Å². The van der Waals surface area contributed by atoms with Gasteiger partial charge in [-0.05, 0) is 12.1 Å². The molecule has 1 heterocycles. The molecule has 0 aliphatic rings. The smallest absolute Gasteiger partial charge is 0.390 e. The Labute approximate surface area is 76.2 Å². The maximum atomic E-state index is 8.48. The normalized spacial score (nSPS) is 8.11. The molecule has 0 aromatic carbocycles. The molecule has 1 rings (SSSR count). The summed E-state index contributed by atoms with van der Waals surface area (Å²) in [5.41, 5.74) is 0.715. The van der Waals surface area contributed by atoms with Gasteiger partial charge in [0.2, 0.25) is 0 Å². The van der Waals surface area contributed by atoms with Crippen molar-refractivity contribution in [2.45, 2.75) is 6.61 Å². The molecule has 0 unspecified atom stereocenters. The quantitative estimate of drug-likeness (QED) is 0.431. The summed E-state index contributed by atoms with van der Waals surface area (Å²) in [6.45, 7) is 0.0286. The Balaban J connectivity index is 0.000000640. The van der Waals surface area contributed by atoms with Crippen molar-refractivity contribution in [2.24, 2.45) is 0 Å². The van der Waals surface area contributed by atoms with Crippen LogP contribution in [-0.4, -0.2) is 10.1 Å². The first-order valence-electron chi connectivity index (χ1n) is 2.44. The number of aliphatic hydroxyl groups is 1. The van der Waals surface area contributed by atoms with E-state index in [1.807, 2.05) is 12.1 Å². The molecule has 2 nitrogen and oxygen atoms in total. The summed E-state index contributed by atoms with van der Waals surface area (Å²) in [5.74, 6) is 0. The van der Waals surface area contributed by atoms with Gasteiger partial charge in [0, 0.05) is 6.20 Å². The zero-order valence-corrected chi connectivity index (χ0v) is 7.41. The summed E-state index contributed by atoms with van der Waals surface area (Å²) in [6, 6.07) is 5.44. The largest absolute Gasteiger partial charge is 1.00 e. The van der Waals surface area contributed by atoms with E-state index in [1.54, 1.807) is 12.3 Å². The van der Waals surface area contributed by atoms with Crippen LogP contribution in [0.3, 0.4) is 0 Å². The molecule has 0 fully saturated rings. The average molecular weight is 132 g/mol. The molecule has 0 aliphatic carbocycles. The van der Waals surface area contributed by atoms with E-state index in [0.29, 0.717) is 5.69 Å². The Morgan fingerprint density at radius 1 is 1.44 bits per heavy atom. The van der Waals surface area contributed by atoms with Crippen LogP contribution in [0.25, 0.3) is 0 Å². The van der Waals surface area contributed by atoms with E-state index < -0.39 is 0 Å². The van der Waals surface area contributed by atoms with E-state index >= 15 is 0 Å². The molecule has 0 spiro atoms. The second-order valence-electron chi connectivity index (χ2n) is 1.48. The monoisotopic (exact) mass is 132 g/mol. The van der Waals surface area contributed by atoms with E-state index in [0.717, 1.165) is 0 Å². The summed E-state index contributed by atoms with van der Waals surface area (Å²) in [4.78, 5) is 3.85. The topological polar surface area (TPSA) is 33.1 Å². The first-order valence-corrected chi connectivity index (χ1v) is 2.44. The minimum Gasteiger partial charge on any atom is -0.390 e. The van der Waals surface area contributed by atoms with Crippen LogP contribution < -0.4 is 29.6 Å². The molecule has 1 aromatic heterocycles. The van der Waals surface area contributed by atoms with Gasteiger partial charge in [-0.3, -0.25) is 4.98 Å². The Morgan fingerprint density at radius 3 is 2.56 bits per heavy atom. The second kappa shape index (κ2) is 4.94. The minimum atomic E-state index is 0. The number of hydrogen-bond donors (Lipinski definition) is 1. The Bertz CT molecular complexity index is 154. The Kier molecular flexibility index (Phi) is 5.00. The number of aliphatic hydroxyl groups excluding tert-OH is 1. The summed E-state index contributed by atoms with van der Waals surface area (Å²) in [5, 5.41) is 8.48. The molecular weight excluding hydrogens is 125 g/mol. The van der Waals surface area contributed by atoms with Crippen LogP contribution in [0.15, 0.2) is 24.4 Å². The summed E-state index contributed by atoms with van der Waals surface area (Å²) in [7, 11) is 0. The van der Waals surface area contributed by atoms with Crippen LogP contribution in [0.1, 0.15) is 5.69 Å². The van der Waals surface area contributed by atoms with Gasteiger partial charge in [0.1, 0.15) is 0 Å². The van der Waals surface area contributed by atoms with Crippen molar-refractivity contribution in [3.63, 3.8) is 0 Å². The Morgan fingerprint density at radius 2 is 2.22 bits per heavy atom. The van der Waals surface area contributed by atoms with Crippen molar-refractivity contribution in [1.29, 1.82) is 0 Å². The van der Waals surface area contributed by atoms with Crippen molar-refractivity contribution >= 4 is 0 Å². The van der Waals surface area contributed by atoms with Crippen LogP contribution in [0.2, 0.25) is 0 Å². The fourth-order valence-corrected chi connectivity index (χ4v) is 0.492. The molecule has 0 saturated carbocycles. The van der Waals surface area contributed by atoms with Crippen molar-refractivity contribution in [3.8, 4) is 0 Å². The van der Waals surface area contributed by atoms with E-state index in [2.05, 4.69) is 4.98 Å². The molecule has 3 heteroatoms. The van der Waals surface area contributed by atoms with Gasteiger partial charge < -0.3 is 5.11 Å². The number of nitrogens with zero attached hydrogens (tertiary/aromatic N) is 1. The zero-order chi connectivity index (χ0) is 5.82. The van der Waals surface area contributed by atoms with Gasteiger partial charge in [-0.15, -0.1) is 0 Å². The molecule has 0 atom stereocenters. The summed E-state index contributed by atoms with van der Waals surface area (Å²) >= 11 is 0. The molecule has 1 aromatic rings. The number of pyridine rings is 1. The van der Waals surface area contributed by atoms with Gasteiger partial charge in [-0.1, -0.05) is 6.07 Å². The third kappa shape index (κ3) is 2.96.